The molecule has 0 bridgehead atoms. The Balaban J connectivity index is 2.38. The van der Waals surface area contributed by atoms with Gasteiger partial charge >= 0.3 is 0 Å². The summed E-state index contributed by atoms with van der Waals surface area (Å²) in [6.07, 6.45) is 2.62. The van der Waals surface area contributed by atoms with Crippen LogP contribution >= 0.6 is 23.2 Å². The first-order valence-corrected chi connectivity index (χ1v) is 11.6. The van der Waals surface area contributed by atoms with Crippen LogP contribution in [0.5, 0.6) is 5.75 Å². The molecule has 1 aliphatic rings. The molecular formula is C26H36Cl2O2. The van der Waals surface area contributed by atoms with Crippen molar-refractivity contribution >= 4 is 29.0 Å². The van der Waals surface area contributed by atoms with Crippen LogP contribution in [0, 0.1) is 0 Å². The molecule has 1 aromatic rings. The molecule has 0 saturated heterocycles. The highest BCUT2D eigenvalue weighted by atomic mass is 35.5. The number of allylic oxidation sites excluding steroid dienone is 4. The molecule has 166 valence electrons. The Kier molecular flexibility index (Phi) is 7.91. The molecule has 0 heterocycles. The van der Waals surface area contributed by atoms with Crippen molar-refractivity contribution in [2.75, 3.05) is 6.61 Å². The second-order valence-corrected chi connectivity index (χ2v) is 11.1. The smallest absolute Gasteiger partial charge is 0.161 e. The van der Waals surface area contributed by atoms with Crippen LogP contribution in [0.25, 0.3) is 0 Å². The number of rotatable bonds is 7. The Morgan fingerprint density at radius 3 is 1.93 bits per heavy atom. The summed E-state index contributed by atoms with van der Waals surface area (Å²) in [5.41, 5.74) is 5.05. The molecule has 0 spiro atoms. The maximum absolute atomic E-state index is 12.8. The minimum atomic E-state index is -0.0606. The quantitative estimate of drug-likeness (QED) is 0.420. The predicted octanol–water partition coefficient (Wildman–Crippen LogP) is 7.98. The molecule has 1 aliphatic carbocycles. The lowest BCUT2D eigenvalue weighted by molar-refractivity contribution is -0.115. The van der Waals surface area contributed by atoms with Crippen molar-refractivity contribution in [3.05, 3.63) is 50.0 Å². The van der Waals surface area contributed by atoms with E-state index < -0.39 is 0 Å². The summed E-state index contributed by atoms with van der Waals surface area (Å²) in [7, 11) is 0. The third kappa shape index (κ3) is 5.71. The highest BCUT2D eigenvalue weighted by Gasteiger charge is 2.29. The molecule has 4 heteroatoms. The number of ether oxygens (including phenoxy) is 1. The Hall–Kier alpha value is -1.25. The molecule has 0 aliphatic heterocycles. The molecule has 0 saturated carbocycles. The van der Waals surface area contributed by atoms with Gasteiger partial charge in [-0.2, -0.15) is 0 Å². The van der Waals surface area contributed by atoms with Crippen molar-refractivity contribution in [1.82, 2.24) is 0 Å². The number of Topliss-reactive ketones (excluding diaryl/α,β-unsaturated/α-hetero) is 1. The average Bonchev–Trinajstić information content (AvgIpc) is 2.90. The number of hydrogen-bond donors (Lipinski definition) is 0. The standard InChI is InChI=1S/C26H36Cl2O2/c1-9-12-30-24-19(25(3,4)5)14-17(15-20(24)26(6,7)8)10-11-21(29)18-13-16(2)22(27)23(18)28/h14-15H,9-13H2,1-8H3. The van der Waals surface area contributed by atoms with Gasteiger partial charge < -0.3 is 4.74 Å². The van der Waals surface area contributed by atoms with E-state index in [2.05, 4.69) is 60.6 Å². The SMILES string of the molecule is CCCOc1c(C(C)(C)C)cc(CCC(=O)C2=C(Cl)C(Cl)=C(C)C2)cc1C(C)(C)C. The number of halogens is 2. The topological polar surface area (TPSA) is 26.3 Å². The fourth-order valence-electron chi connectivity index (χ4n) is 3.68. The third-order valence-electron chi connectivity index (χ3n) is 5.47. The highest BCUT2D eigenvalue weighted by molar-refractivity contribution is 6.46. The lowest BCUT2D eigenvalue weighted by Crippen LogP contribution is -2.21. The zero-order valence-corrected chi connectivity index (χ0v) is 21.3. The number of carbonyl (C=O) groups is 1. The number of carbonyl (C=O) groups excluding carboxylic acids is 1. The van der Waals surface area contributed by atoms with E-state index in [1.807, 2.05) is 6.92 Å². The van der Waals surface area contributed by atoms with Gasteiger partial charge in [0.05, 0.1) is 16.7 Å². The first kappa shape index (κ1) is 25.0. The first-order chi connectivity index (χ1) is 13.8. The van der Waals surface area contributed by atoms with Gasteiger partial charge in [0.1, 0.15) is 5.75 Å². The van der Waals surface area contributed by atoms with E-state index in [4.69, 9.17) is 27.9 Å². The van der Waals surface area contributed by atoms with Crippen LogP contribution in [0.4, 0.5) is 0 Å². The molecule has 0 radical (unpaired) electrons. The van der Waals surface area contributed by atoms with Gasteiger partial charge in [0.2, 0.25) is 0 Å². The van der Waals surface area contributed by atoms with Crippen molar-refractivity contribution < 1.29 is 9.53 Å². The van der Waals surface area contributed by atoms with E-state index in [1.54, 1.807) is 0 Å². The second-order valence-electron chi connectivity index (χ2n) is 10.4. The van der Waals surface area contributed by atoms with E-state index in [0.29, 0.717) is 41.5 Å². The molecule has 0 fully saturated rings. The molecule has 0 atom stereocenters. The molecule has 0 amide bonds. The molecule has 1 aromatic carbocycles. The summed E-state index contributed by atoms with van der Waals surface area (Å²) in [6.45, 7) is 18.0. The van der Waals surface area contributed by atoms with E-state index in [1.165, 1.54) is 11.1 Å². The monoisotopic (exact) mass is 450 g/mol. The van der Waals surface area contributed by atoms with Crippen molar-refractivity contribution in [3.8, 4) is 5.75 Å². The van der Waals surface area contributed by atoms with Crippen molar-refractivity contribution in [3.63, 3.8) is 0 Å². The summed E-state index contributed by atoms with van der Waals surface area (Å²) in [4.78, 5) is 12.8. The fourth-order valence-corrected chi connectivity index (χ4v) is 4.19. The maximum Gasteiger partial charge on any atom is 0.161 e. The van der Waals surface area contributed by atoms with Gasteiger partial charge in [0, 0.05) is 23.1 Å². The second kappa shape index (κ2) is 9.49. The number of ketones is 1. The third-order valence-corrected chi connectivity index (χ3v) is 6.49. The van der Waals surface area contributed by atoms with E-state index in [-0.39, 0.29) is 16.6 Å². The Morgan fingerprint density at radius 1 is 1.00 bits per heavy atom. The van der Waals surface area contributed by atoms with E-state index in [9.17, 15) is 4.79 Å². The van der Waals surface area contributed by atoms with Crippen molar-refractivity contribution in [1.29, 1.82) is 0 Å². The Labute approximate surface area is 192 Å². The number of aryl methyl sites for hydroxylation is 1. The van der Waals surface area contributed by atoms with Crippen molar-refractivity contribution in [2.45, 2.75) is 91.9 Å². The van der Waals surface area contributed by atoms with Gasteiger partial charge in [-0.15, -0.1) is 0 Å². The summed E-state index contributed by atoms with van der Waals surface area (Å²) in [5, 5.41) is 0.954. The van der Waals surface area contributed by atoms with Crippen LogP contribution in [-0.4, -0.2) is 12.4 Å². The molecule has 2 nitrogen and oxygen atoms in total. The van der Waals surface area contributed by atoms with Gasteiger partial charge in [-0.05, 0) is 48.2 Å². The summed E-state index contributed by atoms with van der Waals surface area (Å²) < 4.78 is 6.26. The van der Waals surface area contributed by atoms with Gasteiger partial charge in [0.15, 0.2) is 5.78 Å². The average molecular weight is 451 g/mol. The van der Waals surface area contributed by atoms with Gasteiger partial charge in [-0.1, -0.05) is 83.8 Å². The first-order valence-electron chi connectivity index (χ1n) is 10.9. The van der Waals surface area contributed by atoms with Gasteiger partial charge in [-0.25, -0.2) is 0 Å². The molecular weight excluding hydrogens is 415 g/mol. The summed E-state index contributed by atoms with van der Waals surface area (Å²) in [6, 6.07) is 4.43. The Morgan fingerprint density at radius 2 is 1.53 bits per heavy atom. The molecule has 30 heavy (non-hydrogen) atoms. The van der Waals surface area contributed by atoms with E-state index in [0.717, 1.165) is 23.3 Å². The Bertz CT molecular complexity index is 842. The van der Waals surface area contributed by atoms with Crippen LogP contribution in [-0.2, 0) is 22.0 Å². The van der Waals surface area contributed by atoms with Gasteiger partial charge in [-0.3, -0.25) is 4.79 Å². The van der Waals surface area contributed by atoms with Crippen LogP contribution < -0.4 is 4.74 Å². The highest BCUT2D eigenvalue weighted by Crippen LogP contribution is 2.42. The predicted molar refractivity (Wildman–Crippen MR) is 129 cm³/mol. The summed E-state index contributed by atoms with van der Waals surface area (Å²) in [5.74, 6) is 1.08. The minimum absolute atomic E-state index is 0.0606. The molecule has 2 rings (SSSR count). The van der Waals surface area contributed by atoms with Crippen LogP contribution in [0.2, 0.25) is 0 Å². The van der Waals surface area contributed by atoms with Crippen LogP contribution in [0.15, 0.2) is 33.3 Å². The minimum Gasteiger partial charge on any atom is -0.493 e. The zero-order chi connectivity index (χ0) is 22.9. The zero-order valence-electron chi connectivity index (χ0n) is 19.8. The fraction of sp³-hybridized carbons (Fsp3) is 0.577. The maximum atomic E-state index is 12.8. The normalized spacial score (nSPS) is 15.3. The summed E-state index contributed by atoms with van der Waals surface area (Å²) >= 11 is 12.5. The molecule has 0 unspecified atom stereocenters. The van der Waals surface area contributed by atoms with E-state index >= 15 is 0 Å². The van der Waals surface area contributed by atoms with Crippen molar-refractivity contribution in [2.24, 2.45) is 0 Å². The largest absolute Gasteiger partial charge is 0.493 e. The number of benzene rings is 1. The van der Waals surface area contributed by atoms with Crippen LogP contribution in [0.3, 0.4) is 0 Å². The molecule has 0 N–H and O–H groups in total. The van der Waals surface area contributed by atoms with Gasteiger partial charge in [0.25, 0.3) is 0 Å². The van der Waals surface area contributed by atoms with Crippen LogP contribution in [0.1, 0.15) is 91.3 Å². The molecule has 0 aromatic heterocycles. The lowest BCUT2D eigenvalue weighted by atomic mass is 9.78. The lowest BCUT2D eigenvalue weighted by Gasteiger charge is -2.30. The number of hydrogen-bond acceptors (Lipinski definition) is 2.